The highest BCUT2D eigenvalue weighted by Gasteiger charge is 2.32. The third-order valence-electron chi connectivity index (χ3n) is 3.29. The zero-order valence-corrected chi connectivity index (χ0v) is 17.8. The van der Waals surface area contributed by atoms with Crippen LogP contribution in [0, 0.1) is 29.1 Å². The van der Waals surface area contributed by atoms with Gasteiger partial charge < -0.3 is 20.1 Å². The van der Waals surface area contributed by atoms with E-state index in [1.54, 1.807) is 20.8 Å². The number of rotatable bonds is 7. The van der Waals surface area contributed by atoms with Crippen molar-refractivity contribution < 1.29 is 45.8 Å². The number of amides is 2. The van der Waals surface area contributed by atoms with Gasteiger partial charge in [0.05, 0.1) is 11.8 Å². The van der Waals surface area contributed by atoms with E-state index in [1.807, 2.05) is 5.32 Å². The van der Waals surface area contributed by atoms with Gasteiger partial charge >= 0.3 is 12.1 Å². The number of carbonyl (C=O) groups is 3. The molecular weight excluding hydrogens is 478 g/mol. The monoisotopic (exact) mass is 494 g/mol. The summed E-state index contributed by atoms with van der Waals surface area (Å²) >= 11 is 11.1. The van der Waals surface area contributed by atoms with Crippen LogP contribution >= 0.6 is 23.2 Å². The minimum absolute atomic E-state index is 0.479. The zero-order valence-electron chi connectivity index (χ0n) is 16.3. The largest absolute Gasteiger partial charge is 0.444 e. The minimum Gasteiger partial charge on any atom is -0.444 e. The summed E-state index contributed by atoms with van der Waals surface area (Å²) in [5.74, 6) is -17.7. The number of alkyl carbamates (subject to hydrolysis) is 1. The summed E-state index contributed by atoms with van der Waals surface area (Å²) in [7, 11) is 0. The Balaban J connectivity index is 2.94. The molecule has 2 atom stereocenters. The Hall–Kier alpha value is -2.34. The summed E-state index contributed by atoms with van der Waals surface area (Å²) in [5, 5.41) is 4.10. The van der Waals surface area contributed by atoms with Crippen molar-refractivity contribution in [3.8, 4) is 5.75 Å². The number of carbonyl (C=O) groups excluding carboxylic acids is 3. The molecule has 0 radical (unpaired) electrons. The molecule has 0 unspecified atom stereocenters. The molecule has 0 bridgehead atoms. The molecule has 0 saturated carbocycles. The zero-order chi connectivity index (χ0) is 24.1. The number of ether oxygens (including phenoxy) is 2. The van der Waals surface area contributed by atoms with Gasteiger partial charge in [0, 0.05) is 0 Å². The molecule has 0 fully saturated rings. The SMILES string of the molecule is CC(C)(C)OC(=O)N[C@@H](CCl)C(=O)N[C@@H](CCl)C(=O)Oc1c(F)c(F)c(F)c(F)c1F. The van der Waals surface area contributed by atoms with Crippen LogP contribution in [-0.4, -0.2) is 47.4 Å². The van der Waals surface area contributed by atoms with E-state index in [-0.39, 0.29) is 0 Å². The molecule has 1 aromatic rings. The van der Waals surface area contributed by atoms with Crippen molar-refractivity contribution in [2.45, 2.75) is 38.5 Å². The quantitative estimate of drug-likeness (QED) is 0.152. The molecule has 174 valence electrons. The molecule has 0 aromatic heterocycles. The Morgan fingerprint density at radius 1 is 0.839 bits per heavy atom. The van der Waals surface area contributed by atoms with E-state index in [0.717, 1.165) is 0 Å². The molecule has 1 rings (SSSR count). The highest BCUT2D eigenvalue weighted by Crippen LogP contribution is 2.29. The lowest BCUT2D eigenvalue weighted by Gasteiger charge is -2.23. The second-order valence-electron chi connectivity index (χ2n) is 6.89. The van der Waals surface area contributed by atoms with Crippen LogP contribution in [0.5, 0.6) is 5.75 Å². The lowest BCUT2D eigenvalue weighted by atomic mass is 10.2. The second kappa shape index (κ2) is 10.8. The van der Waals surface area contributed by atoms with Crippen LogP contribution in [0.25, 0.3) is 0 Å². The first-order valence-corrected chi connectivity index (χ1v) is 9.45. The second-order valence-corrected chi connectivity index (χ2v) is 7.51. The van der Waals surface area contributed by atoms with Crippen molar-refractivity contribution in [3.63, 3.8) is 0 Å². The van der Waals surface area contributed by atoms with Crippen molar-refractivity contribution >= 4 is 41.2 Å². The van der Waals surface area contributed by atoms with Crippen LogP contribution in [0.3, 0.4) is 0 Å². The molecule has 0 aliphatic carbocycles. The summed E-state index contributed by atoms with van der Waals surface area (Å²) in [6.45, 7) is 4.67. The van der Waals surface area contributed by atoms with E-state index in [2.05, 4.69) is 10.1 Å². The number of hydrogen-bond acceptors (Lipinski definition) is 5. The number of alkyl halides is 2. The van der Waals surface area contributed by atoms with Gasteiger partial charge in [-0.3, -0.25) is 4.79 Å². The lowest BCUT2D eigenvalue weighted by Crippen LogP contribution is -2.54. The van der Waals surface area contributed by atoms with Crippen LogP contribution in [0.2, 0.25) is 0 Å². The van der Waals surface area contributed by atoms with Crippen molar-refractivity contribution in [1.29, 1.82) is 0 Å². The number of benzene rings is 1. The Morgan fingerprint density at radius 3 is 1.71 bits per heavy atom. The van der Waals surface area contributed by atoms with Crippen LogP contribution in [-0.2, 0) is 14.3 Å². The van der Waals surface area contributed by atoms with Crippen molar-refractivity contribution in [3.05, 3.63) is 29.1 Å². The predicted octanol–water partition coefficient (Wildman–Crippen LogP) is 3.14. The fourth-order valence-electron chi connectivity index (χ4n) is 1.90. The average molecular weight is 495 g/mol. The highest BCUT2D eigenvalue weighted by atomic mass is 35.5. The summed E-state index contributed by atoms with van der Waals surface area (Å²) in [5.41, 5.74) is -0.895. The van der Waals surface area contributed by atoms with E-state index in [0.29, 0.717) is 0 Å². The Bertz CT molecular complexity index is 837. The normalized spacial score (nSPS) is 13.2. The first kappa shape index (κ1) is 26.7. The number of esters is 1. The number of hydrogen-bond donors (Lipinski definition) is 2. The first-order valence-electron chi connectivity index (χ1n) is 8.38. The molecule has 2 N–H and O–H groups in total. The van der Waals surface area contributed by atoms with E-state index in [9.17, 15) is 36.3 Å². The number of nitrogens with one attached hydrogen (secondary N) is 2. The minimum atomic E-state index is -2.45. The number of halogens is 7. The summed E-state index contributed by atoms with van der Waals surface area (Å²) < 4.78 is 76.0. The smallest absolute Gasteiger partial charge is 0.408 e. The van der Waals surface area contributed by atoms with Gasteiger partial charge in [0.15, 0.2) is 0 Å². The topological polar surface area (TPSA) is 93.7 Å². The molecule has 0 saturated heterocycles. The van der Waals surface area contributed by atoms with Gasteiger partial charge in [0.2, 0.25) is 40.7 Å². The van der Waals surface area contributed by atoms with Crippen molar-refractivity contribution in [1.82, 2.24) is 10.6 Å². The molecule has 0 heterocycles. The van der Waals surface area contributed by atoms with Gasteiger partial charge in [-0.2, -0.15) is 8.78 Å². The molecular formula is C17H17Cl2F5N2O5. The molecule has 31 heavy (non-hydrogen) atoms. The molecule has 14 heteroatoms. The van der Waals surface area contributed by atoms with E-state index in [1.165, 1.54) is 0 Å². The third kappa shape index (κ3) is 7.10. The standard InChI is InChI=1S/C17H17Cl2F5N2O5/c1-17(2,3)31-16(29)26-6(4-18)14(27)25-7(5-19)15(28)30-13-11(23)9(21)8(20)10(22)12(13)24/h6-7H,4-5H2,1-3H3,(H,25,27)(H,26,29)/t6-,7-/m0/s1. The Kier molecular flexibility index (Phi) is 9.30. The fraction of sp³-hybridized carbons (Fsp3) is 0.471. The summed E-state index contributed by atoms with van der Waals surface area (Å²) in [6, 6.07) is -3.22. The molecule has 0 aliphatic heterocycles. The fourth-order valence-corrected chi connectivity index (χ4v) is 2.32. The molecule has 2 amide bonds. The van der Waals surface area contributed by atoms with Crippen LogP contribution in [0.1, 0.15) is 20.8 Å². The van der Waals surface area contributed by atoms with Gasteiger partial charge in [-0.1, -0.05) is 0 Å². The van der Waals surface area contributed by atoms with Crippen LogP contribution < -0.4 is 15.4 Å². The molecule has 7 nitrogen and oxygen atoms in total. The average Bonchev–Trinajstić information content (AvgIpc) is 2.68. The summed E-state index contributed by atoms with van der Waals surface area (Å²) in [4.78, 5) is 36.1. The first-order chi connectivity index (χ1) is 14.2. The van der Waals surface area contributed by atoms with Crippen molar-refractivity contribution in [2.24, 2.45) is 0 Å². The predicted molar refractivity (Wildman–Crippen MR) is 98.4 cm³/mol. The third-order valence-corrected chi connectivity index (χ3v) is 3.91. The van der Waals surface area contributed by atoms with Gasteiger partial charge in [-0.15, -0.1) is 23.2 Å². The van der Waals surface area contributed by atoms with E-state index >= 15 is 0 Å². The molecule has 1 aromatic carbocycles. The Morgan fingerprint density at radius 2 is 1.29 bits per heavy atom. The van der Waals surface area contributed by atoms with E-state index < -0.39 is 82.3 Å². The molecule has 0 spiro atoms. The van der Waals surface area contributed by atoms with Gasteiger partial charge in [0.25, 0.3) is 0 Å². The maximum absolute atomic E-state index is 13.7. The maximum Gasteiger partial charge on any atom is 0.408 e. The maximum atomic E-state index is 13.7. The van der Waals surface area contributed by atoms with Crippen LogP contribution in [0.4, 0.5) is 26.7 Å². The highest BCUT2D eigenvalue weighted by molar-refractivity contribution is 6.21. The van der Waals surface area contributed by atoms with Gasteiger partial charge in [-0.25, -0.2) is 22.8 Å². The van der Waals surface area contributed by atoms with Gasteiger partial charge in [0.1, 0.15) is 17.7 Å². The molecule has 0 aliphatic rings. The van der Waals surface area contributed by atoms with Gasteiger partial charge in [-0.05, 0) is 20.8 Å². The van der Waals surface area contributed by atoms with E-state index in [4.69, 9.17) is 27.9 Å². The summed E-state index contributed by atoms with van der Waals surface area (Å²) in [6.07, 6.45) is -1.01. The van der Waals surface area contributed by atoms with Crippen LogP contribution in [0.15, 0.2) is 0 Å². The Labute approximate surface area is 183 Å². The van der Waals surface area contributed by atoms with Crippen molar-refractivity contribution in [2.75, 3.05) is 11.8 Å². The lowest BCUT2D eigenvalue weighted by molar-refractivity contribution is -0.139.